The van der Waals surface area contributed by atoms with E-state index in [0.717, 1.165) is 35.9 Å². The molecule has 7 heteroatoms. The van der Waals surface area contributed by atoms with E-state index in [0.29, 0.717) is 0 Å². The predicted molar refractivity (Wildman–Crippen MR) is 87.1 cm³/mol. The second-order valence-corrected chi connectivity index (χ2v) is 12.3. The standard InChI is InChI=1S/C14H26AsNO4S/c1-15(2)14-16-10-12(19)11(18)9(20-13(10)21-14)7-5-3-4-6-8-17/h9-13,17-19H,3-8H2,1-2H3/t9-,10-,11-,12-,13-/m1/s1. The monoisotopic (exact) mass is 379 g/mol. The van der Waals surface area contributed by atoms with E-state index in [-0.39, 0.29) is 24.2 Å². The van der Waals surface area contributed by atoms with E-state index in [1.54, 1.807) is 11.8 Å². The zero-order chi connectivity index (χ0) is 15.4. The van der Waals surface area contributed by atoms with Gasteiger partial charge in [0.15, 0.2) is 0 Å². The summed E-state index contributed by atoms with van der Waals surface area (Å²) in [5, 5.41) is 29.3. The van der Waals surface area contributed by atoms with Crippen molar-refractivity contribution in [3.05, 3.63) is 0 Å². The Hall–Kier alpha value is 0.418. The maximum absolute atomic E-state index is 10.3. The number of fused-ring (bicyclic) bond motifs is 1. The van der Waals surface area contributed by atoms with Gasteiger partial charge in [0.1, 0.15) is 0 Å². The number of unbranched alkanes of at least 4 members (excludes halogenated alkanes) is 3. The van der Waals surface area contributed by atoms with Crippen molar-refractivity contribution in [1.82, 2.24) is 0 Å². The third-order valence-corrected chi connectivity index (χ3v) is 9.28. The first kappa shape index (κ1) is 17.8. The summed E-state index contributed by atoms with van der Waals surface area (Å²) in [6, 6.07) is -0.303. The summed E-state index contributed by atoms with van der Waals surface area (Å²) in [4.78, 5) is 4.58. The van der Waals surface area contributed by atoms with Crippen LogP contribution < -0.4 is 0 Å². The van der Waals surface area contributed by atoms with Crippen LogP contribution in [-0.2, 0) is 4.74 Å². The van der Waals surface area contributed by atoms with Crippen molar-refractivity contribution in [2.75, 3.05) is 6.61 Å². The van der Waals surface area contributed by atoms with Crippen LogP contribution >= 0.6 is 11.8 Å². The Kier molecular flexibility index (Phi) is 7.04. The quantitative estimate of drug-likeness (QED) is 0.457. The molecule has 3 N–H and O–H groups in total. The van der Waals surface area contributed by atoms with Crippen molar-refractivity contribution >= 4 is 30.2 Å². The zero-order valence-corrected chi connectivity index (χ0v) is 15.4. The Balaban J connectivity index is 1.85. The van der Waals surface area contributed by atoms with Crippen molar-refractivity contribution in [3.8, 4) is 0 Å². The molecular weight excluding hydrogens is 353 g/mol. The van der Waals surface area contributed by atoms with Gasteiger partial charge in [-0.15, -0.1) is 0 Å². The van der Waals surface area contributed by atoms with Gasteiger partial charge in [-0.3, -0.25) is 0 Å². The molecule has 0 aliphatic carbocycles. The van der Waals surface area contributed by atoms with Gasteiger partial charge in [-0.2, -0.15) is 0 Å². The topological polar surface area (TPSA) is 82.3 Å². The van der Waals surface area contributed by atoms with Gasteiger partial charge in [0, 0.05) is 0 Å². The number of hydrogen-bond donors (Lipinski definition) is 3. The van der Waals surface area contributed by atoms with E-state index in [1.165, 1.54) is 0 Å². The van der Waals surface area contributed by atoms with E-state index in [1.807, 2.05) is 0 Å². The summed E-state index contributed by atoms with van der Waals surface area (Å²) >= 11 is 0.596. The molecule has 0 radical (unpaired) electrons. The van der Waals surface area contributed by atoms with E-state index in [2.05, 4.69) is 16.4 Å². The second-order valence-electron chi connectivity index (χ2n) is 5.87. The van der Waals surface area contributed by atoms with Gasteiger partial charge < -0.3 is 0 Å². The van der Waals surface area contributed by atoms with Crippen molar-refractivity contribution in [2.24, 2.45) is 4.99 Å². The molecule has 2 aliphatic rings. The number of rotatable bonds is 7. The molecule has 5 nitrogen and oxygen atoms in total. The SMILES string of the molecule is C[As](C)C1=N[C@@H]2[C@@H](O)[C@H](O)[C@@H](CCCCCCO)O[C@@H]2S1. The Morgan fingerprint density at radius 1 is 1.14 bits per heavy atom. The second kappa shape index (κ2) is 8.32. The van der Waals surface area contributed by atoms with Crippen LogP contribution in [0, 0.1) is 0 Å². The fraction of sp³-hybridized carbons (Fsp3) is 0.929. The van der Waals surface area contributed by atoms with Gasteiger partial charge in [0.05, 0.1) is 0 Å². The molecule has 0 bridgehead atoms. The van der Waals surface area contributed by atoms with Crippen LogP contribution in [0.1, 0.15) is 32.1 Å². The van der Waals surface area contributed by atoms with Crippen molar-refractivity contribution in [2.45, 2.75) is 73.3 Å². The molecule has 1 fully saturated rings. The van der Waals surface area contributed by atoms with Crippen molar-refractivity contribution in [1.29, 1.82) is 0 Å². The number of nitrogens with zero attached hydrogens (tertiary/aromatic N) is 1. The minimum atomic E-state index is -1.05. The number of ether oxygens (including phenoxy) is 1. The Morgan fingerprint density at radius 3 is 2.52 bits per heavy atom. The van der Waals surface area contributed by atoms with Gasteiger partial charge in [0.25, 0.3) is 0 Å². The molecule has 0 aromatic carbocycles. The van der Waals surface area contributed by atoms with E-state index < -0.39 is 26.9 Å². The molecule has 2 aliphatic heterocycles. The Morgan fingerprint density at radius 2 is 1.86 bits per heavy atom. The number of hydrogen-bond acceptors (Lipinski definition) is 6. The summed E-state index contributed by atoms with van der Waals surface area (Å²) in [5.74, 6) is 0. The van der Waals surface area contributed by atoms with Crippen LogP contribution in [0.15, 0.2) is 4.99 Å². The molecule has 0 spiro atoms. The van der Waals surface area contributed by atoms with Crippen molar-refractivity contribution < 1.29 is 20.1 Å². The molecule has 21 heavy (non-hydrogen) atoms. The molecule has 0 aromatic heterocycles. The first-order chi connectivity index (χ1) is 10.0. The van der Waals surface area contributed by atoms with Crippen LogP contribution in [0.25, 0.3) is 0 Å². The number of aliphatic imine (C=N–C) groups is 1. The minimum absolute atomic E-state index is 0.127. The van der Waals surface area contributed by atoms with Crippen LogP contribution in [-0.4, -0.2) is 70.2 Å². The van der Waals surface area contributed by atoms with Crippen LogP contribution in [0.3, 0.4) is 0 Å². The molecule has 1 saturated heterocycles. The van der Waals surface area contributed by atoms with Gasteiger partial charge >= 0.3 is 135 Å². The summed E-state index contributed by atoms with van der Waals surface area (Å²) in [7, 11) is 0. The van der Waals surface area contributed by atoms with Gasteiger partial charge in [0.2, 0.25) is 0 Å². The van der Waals surface area contributed by atoms with E-state index >= 15 is 0 Å². The summed E-state index contributed by atoms with van der Waals surface area (Å²) in [6.45, 7) is 0.237. The average molecular weight is 379 g/mol. The molecule has 0 aromatic rings. The Labute approximate surface area is 135 Å². The molecule has 2 heterocycles. The number of aliphatic hydroxyl groups is 3. The normalized spacial score (nSPS) is 35.9. The number of aliphatic hydroxyl groups excluding tert-OH is 3. The van der Waals surface area contributed by atoms with Crippen LogP contribution in [0.5, 0.6) is 0 Å². The van der Waals surface area contributed by atoms with Gasteiger partial charge in [-0.1, -0.05) is 0 Å². The third-order valence-electron chi connectivity index (χ3n) is 3.93. The molecule has 0 unspecified atom stereocenters. The first-order valence-electron chi connectivity index (χ1n) is 7.59. The van der Waals surface area contributed by atoms with E-state index in [4.69, 9.17) is 9.84 Å². The van der Waals surface area contributed by atoms with Gasteiger partial charge in [-0.25, -0.2) is 0 Å². The van der Waals surface area contributed by atoms with E-state index in [9.17, 15) is 10.2 Å². The summed E-state index contributed by atoms with van der Waals surface area (Å²) < 4.78 is 7.14. The fourth-order valence-electron chi connectivity index (χ4n) is 2.68. The maximum atomic E-state index is 10.3. The summed E-state index contributed by atoms with van der Waals surface area (Å²) in [5.41, 5.74) is 4.31. The third kappa shape index (κ3) is 4.46. The molecule has 2 rings (SSSR count). The summed E-state index contributed by atoms with van der Waals surface area (Å²) in [6.07, 6.45) is 2.58. The average Bonchev–Trinajstić information content (AvgIpc) is 2.88. The van der Waals surface area contributed by atoms with Crippen molar-refractivity contribution in [3.63, 3.8) is 0 Å². The predicted octanol–water partition coefficient (Wildman–Crippen LogP) is 1.18. The van der Waals surface area contributed by atoms with Crippen LogP contribution in [0.4, 0.5) is 0 Å². The molecular formula is C14H26AsNO4S. The van der Waals surface area contributed by atoms with Crippen LogP contribution in [0.2, 0.25) is 11.4 Å². The van der Waals surface area contributed by atoms with Gasteiger partial charge in [-0.05, 0) is 0 Å². The zero-order valence-electron chi connectivity index (χ0n) is 12.7. The number of thioether (sulfide) groups is 1. The first-order valence-corrected chi connectivity index (χ1v) is 13.2. The molecule has 0 saturated carbocycles. The molecule has 122 valence electrons. The fourth-order valence-corrected chi connectivity index (χ4v) is 6.59. The molecule has 0 amide bonds. The Bertz CT molecular complexity index is 369. The molecule has 5 atom stereocenters.